The number of ether oxygens (including phenoxy) is 1. The number of nitrogens with zero attached hydrogens (tertiary/aromatic N) is 3. The number of carbonyl (C=O) groups excluding carboxylic acids is 1. The van der Waals surface area contributed by atoms with Gasteiger partial charge in [0, 0.05) is 23.2 Å². The van der Waals surface area contributed by atoms with E-state index in [2.05, 4.69) is 20.1 Å². The van der Waals surface area contributed by atoms with E-state index in [0.29, 0.717) is 6.42 Å². The number of nitrogens with one attached hydrogen (secondary N) is 1. The summed E-state index contributed by atoms with van der Waals surface area (Å²) in [5.74, 6) is -0.884. The van der Waals surface area contributed by atoms with Crippen molar-refractivity contribution in [1.82, 2.24) is 14.6 Å². The third-order valence-corrected chi connectivity index (χ3v) is 5.01. The molecule has 0 aliphatic carbocycles. The maximum absolute atomic E-state index is 12.6. The number of alkyl halides is 3. The summed E-state index contributed by atoms with van der Waals surface area (Å²) in [5, 5.41) is 8.03. The Balaban J connectivity index is 1.53. The van der Waals surface area contributed by atoms with Gasteiger partial charge in [0.1, 0.15) is 0 Å². The zero-order valence-electron chi connectivity index (χ0n) is 16.8. The maximum atomic E-state index is 12.6. The molecule has 1 amide bonds. The van der Waals surface area contributed by atoms with Crippen LogP contribution in [-0.2, 0) is 11.2 Å². The first-order chi connectivity index (χ1) is 14.7. The third-order valence-electron chi connectivity index (χ3n) is 5.01. The lowest BCUT2D eigenvalue weighted by molar-refractivity contribution is -0.274. The Hall–Kier alpha value is -3.62. The summed E-state index contributed by atoms with van der Waals surface area (Å²) in [5.41, 5.74) is 4.06. The lowest BCUT2D eigenvalue weighted by Crippen LogP contribution is -2.20. The van der Waals surface area contributed by atoms with Gasteiger partial charge in [0.25, 0.3) is 0 Å². The van der Waals surface area contributed by atoms with E-state index in [9.17, 15) is 18.0 Å². The van der Waals surface area contributed by atoms with Crippen molar-refractivity contribution in [1.29, 1.82) is 0 Å². The number of fused-ring (bicyclic) bond motifs is 3. The molecule has 4 rings (SSSR count). The van der Waals surface area contributed by atoms with Crippen LogP contribution in [0.3, 0.4) is 0 Å². The number of aromatic nitrogens is 3. The van der Waals surface area contributed by atoms with Crippen LogP contribution in [0.2, 0.25) is 0 Å². The van der Waals surface area contributed by atoms with Crippen molar-refractivity contribution >= 4 is 28.1 Å². The molecule has 2 heterocycles. The molecular formula is C22H19F3N4O2. The minimum absolute atomic E-state index is 0.0369. The fourth-order valence-corrected chi connectivity index (χ4v) is 3.57. The molecule has 0 atom stereocenters. The fraction of sp³-hybridized carbons (Fsp3) is 0.227. The van der Waals surface area contributed by atoms with E-state index in [1.807, 2.05) is 38.1 Å². The highest BCUT2D eigenvalue weighted by molar-refractivity contribution is 5.93. The second-order valence-electron chi connectivity index (χ2n) is 7.11. The lowest BCUT2D eigenvalue weighted by Gasteiger charge is -2.14. The molecule has 0 saturated heterocycles. The highest BCUT2D eigenvalue weighted by atomic mass is 19.4. The Kier molecular flexibility index (Phi) is 5.26. The molecule has 0 bridgehead atoms. The largest absolute Gasteiger partial charge is 0.573 e. The van der Waals surface area contributed by atoms with Crippen molar-refractivity contribution in [2.24, 2.45) is 0 Å². The van der Waals surface area contributed by atoms with Crippen LogP contribution in [0.4, 0.5) is 18.9 Å². The van der Waals surface area contributed by atoms with E-state index in [4.69, 9.17) is 0 Å². The summed E-state index contributed by atoms with van der Waals surface area (Å²) in [4.78, 5) is 17.1. The van der Waals surface area contributed by atoms with Crippen molar-refractivity contribution in [2.45, 2.75) is 33.1 Å². The summed E-state index contributed by atoms with van der Waals surface area (Å²) >= 11 is 0. The molecule has 4 aromatic rings. The van der Waals surface area contributed by atoms with Crippen LogP contribution in [0, 0.1) is 13.8 Å². The summed E-state index contributed by atoms with van der Waals surface area (Å²) < 4.78 is 43.5. The summed E-state index contributed by atoms with van der Waals surface area (Å²) in [6.07, 6.45) is -4.41. The van der Waals surface area contributed by atoms with Crippen LogP contribution < -0.4 is 10.1 Å². The smallest absolute Gasteiger partial charge is 0.404 e. The number of anilines is 1. The average molecular weight is 428 g/mol. The molecule has 31 heavy (non-hydrogen) atoms. The summed E-state index contributed by atoms with van der Waals surface area (Å²) in [6.45, 7) is 3.78. The predicted molar refractivity (Wildman–Crippen MR) is 110 cm³/mol. The van der Waals surface area contributed by atoms with E-state index in [0.717, 1.165) is 39.6 Å². The van der Waals surface area contributed by atoms with Crippen molar-refractivity contribution in [3.63, 3.8) is 0 Å². The van der Waals surface area contributed by atoms with Crippen molar-refractivity contribution in [2.75, 3.05) is 5.32 Å². The Morgan fingerprint density at radius 2 is 1.81 bits per heavy atom. The normalized spacial score (nSPS) is 11.8. The molecule has 0 aliphatic heterocycles. The average Bonchev–Trinajstić information content (AvgIpc) is 3.07. The van der Waals surface area contributed by atoms with Crippen molar-refractivity contribution in [3.05, 3.63) is 65.5 Å². The third kappa shape index (κ3) is 4.30. The number of halogens is 3. The number of hydrogen-bond acceptors (Lipinski definition) is 4. The fourth-order valence-electron chi connectivity index (χ4n) is 3.57. The first kappa shape index (κ1) is 20.6. The lowest BCUT2D eigenvalue weighted by atomic mass is 10.1. The quantitative estimate of drug-likeness (QED) is 0.487. The zero-order valence-corrected chi connectivity index (χ0v) is 16.8. The topological polar surface area (TPSA) is 68.5 Å². The summed E-state index contributed by atoms with van der Waals surface area (Å²) in [7, 11) is 0. The predicted octanol–water partition coefficient (Wildman–Crippen LogP) is 4.97. The number of rotatable bonds is 5. The van der Waals surface area contributed by atoms with Gasteiger partial charge in [-0.1, -0.05) is 24.3 Å². The molecule has 9 heteroatoms. The Morgan fingerprint density at radius 1 is 1.10 bits per heavy atom. The first-order valence-corrected chi connectivity index (χ1v) is 9.61. The molecule has 0 radical (unpaired) electrons. The molecule has 2 aromatic heterocycles. The monoisotopic (exact) mass is 428 g/mol. The molecule has 160 valence electrons. The number of hydrogen-bond donors (Lipinski definition) is 1. The molecule has 1 N–H and O–H groups in total. The van der Waals surface area contributed by atoms with Gasteiger partial charge in [0.05, 0.1) is 11.2 Å². The van der Waals surface area contributed by atoms with Gasteiger partial charge in [0.15, 0.2) is 11.4 Å². The van der Waals surface area contributed by atoms with Gasteiger partial charge < -0.3 is 10.1 Å². The molecule has 6 nitrogen and oxygen atoms in total. The van der Waals surface area contributed by atoms with Gasteiger partial charge in [-0.2, -0.15) is 5.10 Å². The number of benzene rings is 2. The van der Waals surface area contributed by atoms with Gasteiger partial charge >= 0.3 is 6.36 Å². The number of carbonyl (C=O) groups is 1. The minimum Gasteiger partial charge on any atom is -0.404 e. The Bertz CT molecular complexity index is 1280. The van der Waals surface area contributed by atoms with Crippen molar-refractivity contribution < 1.29 is 22.7 Å². The molecule has 0 fully saturated rings. The number of amides is 1. The van der Waals surface area contributed by atoms with Crippen LogP contribution in [0.15, 0.2) is 48.5 Å². The molecule has 0 saturated carbocycles. The second kappa shape index (κ2) is 7.90. The van der Waals surface area contributed by atoms with Gasteiger partial charge in [-0.05, 0) is 50.1 Å². The maximum Gasteiger partial charge on any atom is 0.573 e. The van der Waals surface area contributed by atoms with Gasteiger partial charge in [-0.3, -0.25) is 4.79 Å². The molecule has 0 aliphatic rings. The number of aryl methyl sites for hydroxylation is 2. The van der Waals surface area contributed by atoms with Crippen LogP contribution in [0.5, 0.6) is 5.75 Å². The Morgan fingerprint density at radius 3 is 2.58 bits per heavy atom. The SMILES string of the molecule is Cc1nc2c3ccccc3nn2c(C)c1CCC(=O)Nc1ccccc1OC(F)(F)F. The zero-order chi connectivity index (χ0) is 22.2. The Labute approximate surface area is 175 Å². The second-order valence-corrected chi connectivity index (χ2v) is 7.11. The van der Waals surface area contributed by atoms with Crippen LogP contribution in [-0.4, -0.2) is 26.9 Å². The molecular weight excluding hydrogens is 409 g/mol. The van der Waals surface area contributed by atoms with Crippen LogP contribution >= 0.6 is 0 Å². The van der Waals surface area contributed by atoms with E-state index in [1.54, 1.807) is 4.52 Å². The van der Waals surface area contributed by atoms with Crippen LogP contribution in [0.25, 0.3) is 16.6 Å². The van der Waals surface area contributed by atoms with Crippen LogP contribution in [0.1, 0.15) is 23.4 Å². The summed E-state index contributed by atoms with van der Waals surface area (Å²) in [6, 6.07) is 13.1. The molecule has 0 spiro atoms. The first-order valence-electron chi connectivity index (χ1n) is 9.61. The van der Waals surface area contributed by atoms with E-state index in [1.165, 1.54) is 18.2 Å². The molecule has 2 aromatic carbocycles. The number of para-hydroxylation sites is 2. The standard InChI is InChI=1S/C22H19F3N4O2/c1-13-15(14(2)29-21(26-13)16-7-3-4-8-17(16)28-29)11-12-20(30)27-18-9-5-6-10-19(18)31-22(23,24)25/h3-10H,11-12H2,1-2H3,(H,27,30). The van der Waals surface area contributed by atoms with Gasteiger partial charge in [0.2, 0.25) is 5.91 Å². The highest BCUT2D eigenvalue weighted by Crippen LogP contribution is 2.30. The molecule has 0 unspecified atom stereocenters. The minimum atomic E-state index is -4.84. The van der Waals surface area contributed by atoms with E-state index < -0.39 is 18.0 Å². The van der Waals surface area contributed by atoms with Crippen molar-refractivity contribution in [3.8, 4) is 5.75 Å². The highest BCUT2D eigenvalue weighted by Gasteiger charge is 2.32. The van der Waals surface area contributed by atoms with Gasteiger partial charge in [-0.15, -0.1) is 13.2 Å². The van der Waals surface area contributed by atoms with E-state index in [-0.39, 0.29) is 12.1 Å². The van der Waals surface area contributed by atoms with Gasteiger partial charge in [-0.25, -0.2) is 9.50 Å². The van der Waals surface area contributed by atoms with E-state index >= 15 is 0 Å².